The molecular formula is C15H14N2O. The average Bonchev–Trinajstić information content (AvgIpc) is 2.77. The van der Waals surface area contributed by atoms with E-state index in [0.29, 0.717) is 0 Å². The number of H-pyrrole nitrogens is 1. The molecule has 0 bridgehead atoms. The largest absolute Gasteiger partial charge is 0.497 e. The van der Waals surface area contributed by atoms with Crippen LogP contribution < -0.4 is 4.74 Å². The molecule has 18 heavy (non-hydrogen) atoms. The van der Waals surface area contributed by atoms with Crippen molar-refractivity contribution in [3.63, 3.8) is 0 Å². The molecule has 0 saturated carbocycles. The van der Waals surface area contributed by atoms with E-state index < -0.39 is 0 Å². The fourth-order valence-electron chi connectivity index (χ4n) is 2.20. The van der Waals surface area contributed by atoms with E-state index in [2.05, 4.69) is 35.1 Å². The number of aromatic nitrogens is 2. The number of hydrogen-bond donors (Lipinski definition) is 1. The van der Waals surface area contributed by atoms with Gasteiger partial charge in [-0.15, -0.1) is 0 Å². The second-order valence-corrected chi connectivity index (χ2v) is 4.25. The van der Waals surface area contributed by atoms with Crippen molar-refractivity contribution in [2.24, 2.45) is 0 Å². The molecule has 0 aliphatic heterocycles. The molecule has 2 heterocycles. The number of rotatable bonds is 2. The smallest absolute Gasteiger partial charge is 0.137 e. The summed E-state index contributed by atoms with van der Waals surface area (Å²) < 4.78 is 5.17. The first-order valence-corrected chi connectivity index (χ1v) is 5.87. The van der Waals surface area contributed by atoms with Gasteiger partial charge in [0.2, 0.25) is 0 Å². The van der Waals surface area contributed by atoms with Gasteiger partial charge in [-0.2, -0.15) is 0 Å². The van der Waals surface area contributed by atoms with Crippen LogP contribution in [0.3, 0.4) is 0 Å². The van der Waals surface area contributed by atoms with Crippen LogP contribution >= 0.6 is 0 Å². The van der Waals surface area contributed by atoms with Crippen molar-refractivity contribution in [3.8, 4) is 17.0 Å². The molecule has 0 amide bonds. The minimum absolute atomic E-state index is 0.866. The molecule has 3 nitrogen and oxygen atoms in total. The number of aryl methyl sites for hydroxylation is 1. The Labute approximate surface area is 105 Å². The zero-order valence-electron chi connectivity index (χ0n) is 10.4. The van der Waals surface area contributed by atoms with E-state index in [1.54, 1.807) is 13.3 Å². The second-order valence-electron chi connectivity index (χ2n) is 4.25. The van der Waals surface area contributed by atoms with Crippen LogP contribution in [-0.4, -0.2) is 17.1 Å². The van der Waals surface area contributed by atoms with Crippen LogP contribution in [-0.2, 0) is 0 Å². The molecule has 3 heteroatoms. The predicted octanol–water partition coefficient (Wildman–Crippen LogP) is 3.55. The van der Waals surface area contributed by atoms with Gasteiger partial charge in [0.15, 0.2) is 0 Å². The Bertz CT molecular complexity index is 683. The molecule has 0 aliphatic carbocycles. The topological polar surface area (TPSA) is 37.9 Å². The number of pyridine rings is 1. The SMILES string of the molecule is COc1ccc(-c2[nH]c3ncccc3c2C)cc1. The minimum atomic E-state index is 0.866. The van der Waals surface area contributed by atoms with E-state index in [1.807, 2.05) is 18.2 Å². The van der Waals surface area contributed by atoms with Crippen LogP contribution in [0.15, 0.2) is 42.6 Å². The second kappa shape index (κ2) is 4.18. The molecule has 3 rings (SSSR count). The average molecular weight is 238 g/mol. The summed E-state index contributed by atoms with van der Waals surface area (Å²) in [6.07, 6.45) is 1.80. The molecule has 0 unspecified atom stereocenters. The molecule has 0 fully saturated rings. The molecule has 1 N–H and O–H groups in total. The van der Waals surface area contributed by atoms with Gasteiger partial charge in [-0.3, -0.25) is 0 Å². The molecule has 90 valence electrons. The van der Waals surface area contributed by atoms with Crippen molar-refractivity contribution in [2.75, 3.05) is 7.11 Å². The number of aromatic amines is 1. The van der Waals surface area contributed by atoms with Gasteiger partial charge in [0, 0.05) is 11.6 Å². The molecule has 0 aliphatic rings. The first kappa shape index (κ1) is 10.8. The van der Waals surface area contributed by atoms with Gasteiger partial charge in [-0.25, -0.2) is 4.98 Å². The van der Waals surface area contributed by atoms with Gasteiger partial charge < -0.3 is 9.72 Å². The fourth-order valence-corrected chi connectivity index (χ4v) is 2.20. The lowest BCUT2D eigenvalue weighted by Crippen LogP contribution is -1.84. The lowest BCUT2D eigenvalue weighted by atomic mass is 10.1. The number of methoxy groups -OCH3 is 1. The number of ether oxygens (including phenoxy) is 1. The van der Waals surface area contributed by atoms with Crippen LogP contribution in [0, 0.1) is 6.92 Å². The highest BCUT2D eigenvalue weighted by Gasteiger charge is 2.09. The summed E-state index contributed by atoms with van der Waals surface area (Å²) in [5.74, 6) is 0.866. The Morgan fingerprint density at radius 2 is 1.89 bits per heavy atom. The van der Waals surface area contributed by atoms with Gasteiger partial charge in [0.25, 0.3) is 0 Å². The first-order valence-electron chi connectivity index (χ1n) is 5.87. The molecule has 2 aromatic heterocycles. The first-order chi connectivity index (χ1) is 8.79. The van der Waals surface area contributed by atoms with E-state index in [9.17, 15) is 0 Å². The maximum absolute atomic E-state index is 5.17. The van der Waals surface area contributed by atoms with Gasteiger partial charge in [-0.1, -0.05) is 0 Å². The fraction of sp³-hybridized carbons (Fsp3) is 0.133. The van der Waals surface area contributed by atoms with E-state index in [0.717, 1.165) is 22.7 Å². The summed E-state index contributed by atoms with van der Waals surface area (Å²) in [6, 6.07) is 12.1. The van der Waals surface area contributed by atoms with Gasteiger partial charge in [-0.05, 0) is 54.4 Å². The zero-order valence-corrected chi connectivity index (χ0v) is 10.4. The van der Waals surface area contributed by atoms with Crippen molar-refractivity contribution in [1.29, 1.82) is 0 Å². The monoisotopic (exact) mass is 238 g/mol. The van der Waals surface area contributed by atoms with Crippen LogP contribution in [0.1, 0.15) is 5.56 Å². The summed E-state index contributed by atoms with van der Waals surface area (Å²) in [5.41, 5.74) is 4.42. The summed E-state index contributed by atoms with van der Waals surface area (Å²) in [6.45, 7) is 2.11. The summed E-state index contributed by atoms with van der Waals surface area (Å²) in [7, 11) is 1.67. The van der Waals surface area contributed by atoms with Crippen molar-refractivity contribution in [3.05, 3.63) is 48.2 Å². The van der Waals surface area contributed by atoms with Crippen LogP contribution in [0.5, 0.6) is 5.75 Å². The number of nitrogens with one attached hydrogen (secondary N) is 1. The third-order valence-corrected chi connectivity index (χ3v) is 3.21. The van der Waals surface area contributed by atoms with E-state index in [-0.39, 0.29) is 0 Å². The normalized spacial score (nSPS) is 10.8. The maximum Gasteiger partial charge on any atom is 0.137 e. The molecule has 0 atom stereocenters. The van der Waals surface area contributed by atoms with Crippen molar-refractivity contribution < 1.29 is 4.74 Å². The molecule has 3 aromatic rings. The number of benzene rings is 1. The third kappa shape index (κ3) is 1.64. The van der Waals surface area contributed by atoms with Gasteiger partial charge >= 0.3 is 0 Å². The van der Waals surface area contributed by atoms with Crippen molar-refractivity contribution in [1.82, 2.24) is 9.97 Å². The minimum Gasteiger partial charge on any atom is -0.497 e. The maximum atomic E-state index is 5.17. The number of nitrogens with zero attached hydrogens (tertiary/aromatic N) is 1. The van der Waals surface area contributed by atoms with Crippen LogP contribution in [0.25, 0.3) is 22.3 Å². The lowest BCUT2D eigenvalue weighted by molar-refractivity contribution is 0.415. The lowest BCUT2D eigenvalue weighted by Gasteiger charge is -2.02. The predicted molar refractivity (Wildman–Crippen MR) is 72.8 cm³/mol. The Morgan fingerprint density at radius 1 is 1.11 bits per heavy atom. The zero-order chi connectivity index (χ0) is 12.5. The van der Waals surface area contributed by atoms with Crippen LogP contribution in [0.2, 0.25) is 0 Å². The van der Waals surface area contributed by atoms with Gasteiger partial charge in [0.1, 0.15) is 11.4 Å². The van der Waals surface area contributed by atoms with Gasteiger partial charge in [0.05, 0.1) is 12.8 Å². The third-order valence-electron chi connectivity index (χ3n) is 3.21. The van der Waals surface area contributed by atoms with Crippen molar-refractivity contribution >= 4 is 11.0 Å². The highest BCUT2D eigenvalue weighted by molar-refractivity contribution is 5.87. The summed E-state index contributed by atoms with van der Waals surface area (Å²) in [5, 5.41) is 1.17. The number of fused-ring (bicyclic) bond motifs is 1. The standard InChI is InChI=1S/C15H14N2O/c1-10-13-4-3-9-16-15(13)17-14(10)11-5-7-12(18-2)8-6-11/h3-9H,1-2H3,(H,16,17). The molecule has 0 saturated heterocycles. The highest BCUT2D eigenvalue weighted by atomic mass is 16.5. The Kier molecular flexibility index (Phi) is 2.52. The van der Waals surface area contributed by atoms with Crippen molar-refractivity contribution in [2.45, 2.75) is 6.92 Å². The molecule has 1 aromatic carbocycles. The highest BCUT2D eigenvalue weighted by Crippen LogP contribution is 2.29. The van der Waals surface area contributed by atoms with E-state index in [4.69, 9.17) is 4.74 Å². The molecule has 0 spiro atoms. The summed E-state index contributed by atoms with van der Waals surface area (Å²) in [4.78, 5) is 7.71. The van der Waals surface area contributed by atoms with E-state index in [1.165, 1.54) is 10.9 Å². The summed E-state index contributed by atoms with van der Waals surface area (Å²) >= 11 is 0. The molecule has 0 radical (unpaired) electrons. The Balaban J connectivity index is 2.15. The Morgan fingerprint density at radius 3 is 2.56 bits per heavy atom. The van der Waals surface area contributed by atoms with Crippen LogP contribution in [0.4, 0.5) is 0 Å². The molecular weight excluding hydrogens is 224 g/mol. The quantitative estimate of drug-likeness (QED) is 0.741. The Hall–Kier alpha value is -2.29. The van der Waals surface area contributed by atoms with E-state index >= 15 is 0 Å². The number of hydrogen-bond acceptors (Lipinski definition) is 2.